The Labute approximate surface area is 157 Å². The van der Waals surface area contributed by atoms with E-state index in [1.54, 1.807) is 42.3 Å². The minimum Gasteiger partial charge on any atom is -0.495 e. The Morgan fingerprint density at radius 3 is 2.62 bits per heavy atom. The van der Waals surface area contributed by atoms with Crippen LogP contribution in [0, 0.1) is 5.82 Å². The van der Waals surface area contributed by atoms with Crippen molar-refractivity contribution in [3.05, 3.63) is 58.9 Å². The summed E-state index contributed by atoms with van der Waals surface area (Å²) in [7, 11) is 1.54. The monoisotopic (exact) mass is 377 g/mol. The van der Waals surface area contributed by atoms with Crippen LogP contribution in [0.2, 0.25) is 5.02 Å². The molecule has 7 heteroatoms. The zero-order valence-electron chi connectivity index (χ0n) is 14.5. The van der Waals surface area contributed by atoms with Gasteiger partial charge in [0.1, 0.15) is 11.6 Å². The Morgan fingerprint density at radius 1 is 1.19 bits per heavy atom. The smallest absolute Gasteiger partial charge is 0.322 e. The average molecular weight is 378 g/mol. The number of ether oxygens (including phenoxy) is 1. The summed E-state index contributed by atoms with van der Waals surface area (Å²) in [6, 6.07) is 11.7. The lowest BCUT2D eigenvalue weighted by Gasteiger charge is -2.34. The van der Waals surface area contributed by atoms with Gasteiger partial charge in [0, 0.05) is 43.3 Å². The second kappa shape index (κ2) is 8.38. The summed E-state index contributed by atoms with van der Waals surface area (Å²) in [6.45, 7) is 3.07. The van der Waals surface area contributed by atoms with Gasteiger partial charge in [0.15, 0.2) is 0 Å². The SMILES string of the molecule is COc1ccc(Cl)cc1NC(=O)N1CCN(Cc2ccccc2F)CC1. The molecule has 26 heavy (non-hydrogen) atoms. The van der Waals surface area contributed by atoms with Gasteiger partial charge in [-0.15, -0.1) is 0 Å². The van der Waals surface area contributed by atoms with Crippen molar-refractivity contribution >= 4 is 23.3 Å². The molecule has 0 aromatic heterocycles. The highest BCUT2D eigenvalue weighted by atomic mass is 35.5. The molecular formula is C19H21ClFN3O2. The topological polar surface area (TPSA) is 44.8 Å². The normalized spacial score (nSPS) is 15.0. The van der Waals surface area contributed by atoms with Gasteiger partial charge in [0.2, 0.25) is 0 Å². The molecule has 1 aliphatic heterocycles. The first-order valence-electron chi connectivity index (χ1n) is 8.42. The van der Waals surface area contributed by atoms with Gasteiger partial charge in [0.25, 0.3) is 0 Å². The van der Waals surface area contributed by atoms with Crippen molar-refractivity contribution in [2.75, 3.05) is 38.6 Å². The maximum absolute atomic E-state index is 13.8. The molecule has 2 amide bonds. The van der Waals surface area contributed by atoms with E-state index in [1.165, 1.54) is 6.07 Å². The number of hydrogen-bond donors (Lipinski definition) is 1. The number of anilines is 1. The summed E-state index contributed by atoms with van der Waals surface area (Å²) >= 11 is 5.99. The first-order valence-corrected chi connectivity index (χ1v) is 8.80. The van der Waals surface area contributed by atoms with Crippen molar-refractivity contribution in [3.8, 4) is 5.75 Å². The van der Waals surface area contributed by atoms with Crippen LogP contribution in [0.5, 0.6) is 5.75 Å². The standard InChI is InChI=1S/C19H21ClFN3O2/c1-26-18-7-6-15(20)12-17(18)22-19(25)24-10-8-23(9-11-24)13-14-4-2-3-5-16(14)21/h2-7,12H,8-11,13H2,1H3,(H,22,25). The fourth-order valence-corrected chi connectivity index (χ4v) is 3.12. The fraction of sp³-hybridized carbons (Fsp3) is 0.316. The van der Waals surface area contributed by atoms with E-state index in [0.717, 1.165) is 0 Å². The summed E-state index contributed by atoms with van der Waals surface area (Å²) in [5.41, 5.74) is 1.22. The van der Waals surface area contributed by atoms with E-state index in [9.17, 15) is 9.18 Å². The number of carbonyl (C=O) groups excluding carboxylic acids is 1. The molecule has 0 unspecified atom stereocenters. The molecule has 0 radical (unpaired) electrons. The molecule has 0 atom stereocenters. The van der Waals surface area contributed by atoms with Crippen LogP contribution < -0.4 is 10.1 Å². The number of nitrogens with one attached hydrogen (secondary N) is 1. The minimum absolute atomic E-state index is 0.194. The molecule has 0 spiro atoms. The minimum atomic E-state index is -0.198. The lowest BCUT2D eigenvalue weighted by molar-refractivity contribution is 0.142. The Kier molecular flexibility index (Phi) is 5.96. The van der Waals surface area contributed by atoms with Crippen molar-refractivity contribution in [2.45, 2.75) is 6.54 Å². The Balaban J connectivity index is 1.55. The Hall–Kier alpha value is -2.31. The van der Waals surface area contributed by atoms with Crippen molar-refractivity contribution < 1.29 is 13.9 Å². The van der Waals surface area contributed by atoms with E-state index < -0.39 is 0 Å². The van der Waals surface area contributed by atoms with Crippen LogP contribution in [0.15, 0.2) is 42.5 Å². The third-order valence-corrected chi connectivity index (χ3v) is 4.65. The summed E-state index contributed by atoms with van der Waals surface area (Å²) in [4.78, 5) is 16.4. The highest BCUT2D eigenvalue weighted by Crippen LogP contribution is 2.28. The second-order valence-corrected chi connectivity index (χ2v) is 6.57. The van der Waals surface area contributed by atoms with Gasteiger partial charge in [-0.25, -0.2) is 9.18 Å². The molecule has 5 nitrogen and oxygen atoms in total. The van der Waals surface area contributed by atoms with Crippen LogP contribution in [0.25, 0.3) is 0 Å². The van der Waals surface area contributed by atoms with E-state index in [0.29, 0.717) is 54.7 Å². The van der Waals surface area contributed by atoms with Crippen LogP contribution >= 0.6 is 11.6 Å². The lowest BCUT2D eigenvalue weighted by Crippen LogP contribution is -2.49. The first kappa shape index (κ1) is 18.5. The molecule has 1 aliphatic rings. The number of hydrogen-bond acceptors (Lipinski definition) is 3. The molecule has 1 saturated heterocycles. The summed E-state index contributed by atoms with van der Waals surface area (Å²) in [5, 5.41) is 3.37. The highest BCUT2D eigenvalue weighted by Gasteiger charge is 2.22. The third-order valence-electron chi connectivity index (χ3n) is 4.41. The number of urea groups is 1. The highest BCUT2D eigenvalue weighted by molar-refractivity contribution is 6.31. The van der Waals surface area contributed by atoms with Gasteiger partial charge in [0.05, 0.1) is 12.8 Å². The van der Waals surface area contributed by atoms with Crippen LogP contribution in [0.4, 0.5) is 14.9 Å². The molecule has 3 rings (SSSR count). The van der Waals surface area contributed by atoms with E-state index in [1.807, 2.05) is 6.07 Å². The average Bonchev–Trinajstić information content (AvgIpc) is 2.64. The molecule has 0 bridgehead atoms. The van der Waals surface area contributed by atoms with Crippen molar-refractivity contribution in [1.29, 1.82) is 0 Å². The molecule has 1 fully saturated rings. The van der Waals surface area contributed by atoms with Gasteiger partial charge in [-0.1, -0.05) is 29.8 Å². The van der Waals surface area contributed by atoms with Crippen molar-refractivity contribution in [1.82, 2.24) is 9.80 Å². The van der Waals surface area contributed by atoms with E-state index in [4.69, 9.17) is 16.3 Å². The van der Waals surface area contributed by atoms with Crippen LogP contribution in [-0.4, -0.2) is 49.1 Å². The molecule has 2 aromatic rings. The predicted molar refractivity (Wildman–Crippen MR) is 100 cm³/mol. The summed E-state index contributed by atoms with van der Waals surface area (Å²) in [5.74, 6) is 0.363. The Morgan fingerprint density at radius 2 is 1.92 bits per heavy atom. The van der Waals surface area contributed by atoms with Gasteiger partial charge < -0.3 is 15.0 Å². The third kappa shape index (κ3) is 4.45. The molecule has 1 heterocycles. The van der Waals surface area contributed by atoms with Gasteiger partial charge >= 0.3 is 6.03 Å². The maximum Gasteiger partial charge on any atom is 0.322 e. The van der Waals surface area contributed by atoms with Gasteiger partial charge in [-0.05, 0) is 24.3 Å². The van der Waals surface area contributed by atoms with Crippen molar-refractivity contribution in [2.24, 2.45) is 0 Å². The summed E-state index contributed by atoms with van der Waals surface area (Å²) in [6.07, 6.45) is 0. The van der Waals surface area contributed by atoms with Crippen LogP contribution in [0.1, 0.15) is 5.56 Å². The molecule has 0 aliphatic carbocycles. The number of benzene rings is 2. The predicted octanol–water partition coefficient (Wildman–Crippen LogP) is 3.84. The number of rotatable bonds is 4. The number of nitrogens with zero attached hydrogens (tertiary/aromatic N) is 2. The van der Waals surface area contributed by atoms with Gasteiger partial charge in [-0.3, -0.25) is 4.90 Å². The quantitative estimate of drug-likeness (QED) is 0.880. The summed E-state index contributed by atoms with van der Waals surface area (Å²) < 4.78 is 19.0. The number of carbonyl (C=O) groups is 1. The van der Waals surface area contributed by atoms with E-state index in [-0.39, 0.29) is 11.8 Å². The first-order chi connectivity index (χ1) is 12.6. The van der Waals surface area contributed by atoms with Crippen molar-refractivity contribution in [3.63, 3.8) is 0 Å². The fourth-order valence-electron chi connectivity index (χ4n) is 2.95. The number of methoxy groups -OCH3 is 1. The molecule has 2 aromatic carbocycles. The molecule has 0 saturated carbocycles. The van der Waals surface area contributed by atoms with Crippen LogP contribution in [-0.2, 0) is 6.54 Å². The van der Waals surface area contributed by atoms with E-state index >= 15 is 0 Å². The number of halogens is 2. The number of piperazine rings is 1. The lowest BCUT2D eigenvalue weighted by atomic mass is 10.2. The number of amides is 2. The van der Waals surface area contributed by atoms with Crippen LogP contribution in [0.3, 0.4) is 0 Å². The Bertz CT molecular complexity index is 779. The largest absolute Gasteiger partial charge is 0.495 e. The zero-order chi connectivity index (χ0) is 18.5. The zero-order valence-corrected chi connectivity index (χ0v) is 15.3. The maximum atomic E-state index is 13.8. The van der Waals surface area contributed by atoms with Gasteiger partial charge in [-0.2, -0.15) is 0 Å². The molecule has 1 N–H and O–H groups in total. The molecule has 138 valence electrons. The molecular weight excluding hydrogens is 357 g/mol. The second-order valence-electron chi connectivity index (χ2n) is 6.13. The van der Waals surface area contributed by atoms with E-state index in [2.05, 4.69) is 10.2 Å².